The number of alkyl halides is 3. The van der Waals surface area contributed by atoms with Gasteiger partial charge >= 0.3 is 6.18 Å². The van der Waals surface area contributed by atoms with Crippen molar-refractivity contribution < 1.29 is 22.7 Å². The number of aliphatic hydroxyl groups is 1. The summed E-state index contributed by atoms with van der Waals surface area (Å²) in [6.45, 7) is -0.191. The van der Waals surface area contributed by atoms with Crippen molar-refractivity contribution >= 4 is 0 Å². The molecule has 0 unspecified atom stereocenters. The lowest BCUT2D eigenvalue weighted by Crippen LogP contribution is -2.19. The second-order valence-corrected chi connectivity index (χ2v) is 3.67. The Morgan fingerprint density at radius 2 is 1.94 bits per heavy atom. The van der Waals surface area contributed by atoms with Crippen molar-refractivity contribution in [3.63, 3.8) is 0 Å². The van der Waals surface area contributed by atoms with E-state index in [4.69, 9.17) is 10.8 Å². The van der Waals surface area contributed by atoms with Gasteiger partial charge in [-0.25, -0.2) is 4.39 Å². The van der Waals surface area contributed by atoms with Gasteiger partial charge in [-0.15, -0.1) is 0 Å². The molecule has 2 nitrogen and oxygen atoms in total. The molecule has 96 valence electrons. The first-order chi connectivity index (χ1) is 7.88. The lowest BCUT2D eigenvalue weighted by atomic mass is 9.96. The number of benzene rings is 1. The minimum atomic E-state index is -4.63. The third kappa shape index (κ3) is 3.41. The van der Waals surface area contributed by atoms with Gasteiger partial charge in [0.15, 0.2) is 0 Å². The molecule has 0 fully saturated rings. The van der Waals surface area contributed by atoms with Gasteiger partial charge in [-0.3, -0.25) is 0 Å². The van der Waals surface area contributed by atoms with Gasteiger partial charge in [0.2, 0.25) is 0 Å². The first kappa shape index (κ1) is 13.9. The Bertz CT molecular complexity index is 378. The summed E-state index contributed by atoms with van der Waals surface area (Å²) >= 11 is 0. The number of hydrogen-bond acceptors (Lipinski definition) is 2. The Hall–Kier alpha value is -1.14. The van der Waals surface area contributed by atoms with Crippen LogP contribution in [0, 0.1) is 5.82 Å². The van der Waals surface area contributed by atoms with Crippen molar-refractivity contribution in [3.8, 4) is 0 Å². The van der Waals surface area contributed by atoms with E-state index >= 15 is 0 Å². The average molecular weight is 251 g/mol. The van der Waals surface area contributed by atoms with Crippen molar-refractivity contribution in [1.82, 2.24) is 0 Å². The standard InChI is InChI=1S/C11H13F4NO/c12-8-4-1-3-7(11(13,14)15)10(8)9(16)5-2-6-17/h1,3-4,9,17H,2,5-6,16H2/t9-/m0/s1. The van der Waals surface area contributed by atoms with E-state index in [1.807, 2.05) is 0 Å². The first-order valence-electron chi connectivity index (χ1n) is 5.10. The van der Waals surface area contributed by atoms with Gasteiger partial charge in [-0.1, -0.05) is 6.07 Å². The minimum absolute atomic E-state index is 0.0977. The fraction of sp³-hybridized carbons (Fsp3) is 0.455. The SMILES string of the molecule is N[C@@H](CCCO)c1c(F)cccc1C(F)(F)F. The molecule has 1 atom stereocenters. The lowest BCUT2D eigenvalue weighted by molar-refractivity contribution is -0.138. The molecule has 1 aromatic carbocycles. The van der Waals surface area contributed by atoms with Crippen LogP contribution in [0.1, 0.15) is 30.0 Å². The smallest absolute Gasteiger partial charge is 0.396 e. The largest absolute Gasteiger partial charge is 0.416 e. The van der Waals surface area contributed by atoms with Crippen molar-refractivity contribution in [2.75, 3.05) is 6.61 Å². The molecule has 0 saturated carbocycles. The van der Waals surface area contributed by atoms with Crippen LogP contribution in [0.25, 0.3) is 0 Å². The summed E-state index contributed by atoms with van der Waals surface area (Å²) in [6.07, 6.45) is -4.30. The lowest BCUT2D eigenvalue weighted by Gasteiger charge is -2.18. The van der Waals surface area contributed by atoms with Crippen LogP contribution in [0.5, 0.6) is 0 Å². The second kappa shape index (κ2) is 5.46. The molecule has 6 heteroatoms. The van der Waals surface area contributed by atoms with Gasteiger partial charge in [0, 0.05) is 18.2 Å². The van der Waals surface area contributed by atoms with E-state index in [2.05, 4.69) is 0 Å². The summed E-state index contributed by atoms with van der Waals surface area (Å²) in [4.78, 5) is 0. The van der Waals surface area contributed by atoms with Crippen molar-refractivity contribution in [2.45, 2.75) is 25.1 Å². The average Bonchev–Trinajstić information content (AvgIpc) is 2.24. The summed E-state index contributed by atoms with van der Waals surface area (Å²) in [7, 11) is 0. The molecule has 1 rings (SSSR count). The Balaban J connectivity index is 3.12. The molecule has 0 aromatic heterocycles. The number of rotatable bonds is 4. The number of nitrogens with two attached hydrogens (primary N) is 1. The van der Waals surface area contributed by atoms with Gasteiger partial charge in [-0.2, -0.15) is 13.2 Å². The van der Waals surface area contributed by atoms with Crippen molar-refractivity contribution in [1.29, 1.82) is 0 Å². The molecule has 0 amide bonds. The molecule has 0 bridgehead atoms. The van der Waals surface area contributed by atoms with Crippen LogP contribution < -0.4 is 5.73 Å². The Morgan fingerprint density at radius 1 is 1.29 bits per heavy atom. The Kier molecular flexibility index (Phi) is 4.47. The molecule has 0 saturated heterocycles. The fourth-order valence-corrected chi connectivity index (χ4v) is 1.62. The molecule has 17 heavy (non-hydrogen) atoms. The highest BCUT2D eigenvalue weighted by molar-refractivity contribution is 5.33. The summed E-state index contributed by atoms with van der Waals surface area (Å²) in [5.41, 5.74) is 3.94. The molecule has 1 aromatic rings. The predicted molar refractivity (Wildman–Crippen MR) is 54.7 cm³/mol. The van der Waals surface area contributed by atoms with Gasteiger partial charge in [0.05, 0.1) is 5.56 Å². The molecule has 0 heterocycles. The van der Waals surface area contributed by atoms with Gasteiger partial charge < -0.3 is 10.8 Å². The van der Waals surface area contributed by atoms with E-state index in [0.717, 1.165) is 18.2 Å². The first-order valence-corrected chi connectivity index (χ1v) is 5.10. The van der Waals surface area contributed by atoms with Crippen molar-refractivity contribution in [2.24, 2.45) is 5.73 Å². The van der Waals surface area contributed by atoms with Crippen LogP contribution in [0.4, 0.5) is 17.6 Å². The second-order valence-electron chi connectivity index (χ2n) is 3.67. The van der Waals surface area contributed by atoms with E-state index in [1.54, 1.807) is 0 Å². The zero-order valence-electron chi connectivity index (χ0n) is 8.97. The fourth-order valence-electron chi connectivity index (χ4n) is 1.62. The highest BCUT2D eigenvalue weighted by Gasteiger charge is 2.35. The van der Waals surface area contributed by atoms with Gasteiger partial charge in [-0.05, 0) is 25.0 Å². The van der Waals surface area contributed by atoms with E-state index in [0.29, 0.717) is 0 Å². The number of halogens is 4. The van der Waals surface area contributed by atoms with Gasteiger partial charge in [0.25, 0.3) is 0 Å². The molecule has 0 radical (unpaired) electrons. The molecule has 0 spiro atoms. The molecular formula is C11H13F4NO. The van der Waals surface area contributed by atoms with Crippen LogP contribution >= 0.6 is 0 Å². The highest BCUT2D eigenvalue weighted by atomic mass is 19.4. The molecule has 3 N–H and O–H groups in total. The number of hydrogen-bond donors (Lipinski definition) is 2. The Labute approximate surface area is 96.1 Å². The van der Waals surface area contributed by atoms with E-state index in [-0.39, 0.29) is 19.4 Å². The maximum Gasteiger partial charge on any atom is 0.416 e. The predicted octanol–water partition coefficient (Wildman–Crippen LogP) is 2.62. The van der Waals surface area contributed by atoms with E-state index in [9.17, 15) is 17.6 Å². The minimum Gasteiger partial charge on any atom is -0.396 e. The van der Waals surface area contributed by atoms with E-state index in [1.165, 1.54) is 0 Å². The number of aliphatic hydroxyl groups excluding tert-OH is 1. The monoisotopic (exact) mass is 251 g/mol. The highest BCUT2D eigenvalue weighted by Crippen LogP contribution is 2.36. The van der Waals surface area contributed by atoms with Crippen LogP contribution in [-0.4, -0.2) is 11.7 Å². The maximum absolute atomic E-state index is 13.4. The maximum atomic E-state index is 13.4. The van der Waals surface area contributed by atoms with Crippen LogP contribution in [-0.2, 0) is 6.18 Å². The molecule has 0 aliphatic carbocycles. The van der Waals surface area contributed by atoms with Gasteiger partial charge in [0.1, 0.15) is 5.82 Å². The zero-order valence-corrected chi connectivity index (χ0v) is 8.97. The summed E-state index contributed by atoms with van der Waals surface area (Å²) in [6, 6.07) is 1.68. The van der Waals surface area contributed by atoms with Crippen LogP contribution in [0.3, 0.4) is 0 Å². The summed E-state index contributed by atoms with van der Waals surface area (Å²) < 4.78 is 51.3. The Morgan fingerprint density at radius 3 is 2.47 bits per heavy atom. The van der Waals surface area contributed by atoms with Crippen LogP contribution in [0.15, 0.2) is 18.2 Å². The quantitative estimate of drug-likeness (QED) is 0.808. The van der Waals surface area contributed by atoms with Crippen molar-refractivity contribution in [3.05, 3.63) is 35.1 Å². The topological polar surface area (TPSA) is 46.2 Å². The molecular weight excluding hydrogens is 238 g/mol. The normalized spacial score (nSPS) is 13.8. The third-order valence-electron chi connectivity index (χ3n) is 2.40. The summed E-state index contributed by atoms with van der Waals surface area (Å²) in [5.74, 6) is -0.967. The zero-order chi connectivity index (χ0) is 13.1. The summed E-state index contributed by atoms with van der Waals surface area (Å²) in [5, 5.41) is 8.59. The third-order valence-corrected chi connectivity index (χ3v) is 2.40. The molecule has 0 aliphatic rings. The molecule has 0 aliphatic heterocycles. The van der Waals surface area contributed by atoms with Crippen LogP contribution in [0.2, 0.25) is 0 Å². The van der Waals surface area contributed by atoms with E-state index < -0.39 is 29.2 Å².